The maximum Gasteiger partial charge on any atom is 0.0550 e. The van der Waals surface area contributed by atoms with Gasteiger partial charge in [-0.2, -0.15) is 0 Å². The summed E-state index contributed by atoms with van der Waals surface area (Å²) in [6, 6.07) is 206. The summed E-state index contributed by atoms with van der Waals surface area (Å²) in [6.07, 6.45) is 0. The predicted octanol–water partition coefficient (Wildman–Crippen LogP) is 40.9. The molecule has 0 aliphatic heterocycles. The highest BCUT2D eigenvalue weighted by Gasteiger charge is 2.44. The molecule has 0 saturated carbocycles. The Labute approximate surface area is 880 Å². The zero-order valence-corrected chi connectivity index (χ0v) is 85.0. The van der Waals surface area contributed by atoms with Crippen LogP contribution in [0.4, 0.5) is 51.2 Å². The summed E-state index contributed by atoms with van der Waals surface area (Å²) in [5.74, 6) is 0. The summed E-state index contributed by atoms with van der Waals surface area (Å²) in [5, 5.41) is 7.68. The van der Waals surface area contributed by atoms with Crippen LogP contribution in [-0.2, 0) is 16.2 Å². The molecule has 3 nitrogen and oxygen atoms in total. The Kier molecular flexibility index (Phi) is 24.1. The Morgan fingerprint density at radius 3 is 0.747 bits per heavy atom. The van der Waals surface area contributed by atoms with Crippen molar-refractivity contribution in [2.24, 2.45) is 0 Å². The molecule has 0 spiro atoms. The van der Waals surface area contributed by atoms with Gasteiger partial charge in [-0.15, -0.1) is 0 Å². The monoisotopic (exact) mass is 1920 g/mol. The van der Waals surface area contributed by atoms with Gasteiger partial charge >= 0.3 is 0 Å². The van der Waals surface area contributed by atoms with Crippen molar-refractivity contribution < 1.29 is 0 Å². The fourth-order valence-corrected chi connectivity index (χ4v) is 24.3. The topological polar surface area (TPSA) is 9.72 Å². The van der Waals surface area contributed by atoms with Crippen molar-refractivity contribution in [3.05, 3.63) is 598 Å². The molecule has 0 heterocycles. The first-order valence-corrected chi connectivity index (χ1v) is 52.3. The fourth-order valence-electron chi connectivity index (χ4n) is 24.3. The summed E-state index contributed by atoms with van der Waals surface area (Å²) < 4.78 is 0. The van der Waals surface area contributed by atoms with Crippen molar-refractivity contribution in [2.45, 2.75) is 57.8 Å². The van der Waals surface area contributed by atoms with Gasteiger partial charge in [-0.3, -0.25) is 0 Å². The third-order valence-corrected chi connectivity index (χ3v) is 31.3. The molecule has 27 rings (SSSR count). The highest BCUT2D eigenvalue weighted by Crippen LogP contribution is 2.63. The van der Waals surface area contributed by atoms with Gasteiger partial charge in [0.2, 0.25) is 0 Å². The van der Waals surface area contributed by atoms with Gasteiger partial charge in [0.1, 0.15) is 0 Å². The quantitative estimate of drug-likeness (QED) is 0.0848. The Hall–Kier alpha value is -18.5. The van der Waals surface area contributed by atoms with E-state index in [1.165, 1.54) is 216 Å². The maximum atomic E-state index is 2.54. The van der Waals surface area contributed by atoms with E-state index in [0.717, 1.165) is 34.1 Å². The summed E-state index contributed by atoms with van der Waals surface area (Å²) in [4.78, 5) is 7.55. The van der Waals surface area contributed by atoms with E-state index in [-0.39, 0.29) is 16.2 Å². The van der Waals surface area contributed by atoms with Crippen LogP contribution in [0.3, 0.4) is 0 Å². The average molecular weight is 1920 g/mol. The highest BCUT2D eigenvalue weighted by atomic mass is 15.2. The second-order valence-corrected chi connectivity index (χ2v) is 41.2. The molecule has 3 aliphatic rings. The lowest BCUT2D eigenvalue weighted by atomic mass is 9.80. The van der Waals surface area contributed by atoms with Gasteiger partial charge in [0.15, 0.2) is 0 Å². The molecule has 24 aromatic rings. The molecule has 0 unspecified atom stereocenters. The number of hydrogen-bond donors (Lipinski definition) is 0. The van der Waals surface area contributed by atoms with Crippen LogP contribution >= 0.6 is 0 Å². The molecule has 150 heavy (non-hydrogen) atoms. The second kappa shape index (κ2) is 39.1. The Balaban J connectivity index is 0.000000116. The Morgan fingerprint density at radius 1 is 0.133 bits per heavy atom. The maximum absolute atomic E-state index is 2.54. The molecule has 0 N–H and O–H groups in total. The third kappa shape index (κ3) is 16.6. The molecule has 0 atom stereocenters. The molecule has 0 saturated heterocycles. The third-order valence-electron chi connectivity index (χ3n) is 31.3. The van der Waals surface area contributed by atoms with E-state index in [2.05, 4.69) is 620 Å². The number of rotatable bonds is 18. The summed E-state index contributed by atoms with van der Waals surface area (Å²) >= 11 is 0. The lowest BCUT2D eigenvalue weighted by Crippen LogP contribution is -2.17. The van der Waals surface area contributed by atoms with E-state index >= 15 is 0 Å². The fraction of sp³-hybridized carbons (Fsp3) is 0.0612. The van der Waals surface area contributed by atoms with Gasteiger partial charge in [0.25, 0.3) is 0 Å². The van der Waals surface area contributed by atoms with Gasteiger partial charge in [0.05, 0.1) is 39.8 Å². The van der Waals surface area contributed by atoms with E-state index in [1.54, 1.807) is 0 Å². The van der Waals surface area contributed by atoms with Crippen LogP contribution in [0.1, 0.15) is 74.9 Å². The molecule has 714 valence electrons. The van der Waals surface area contributed by atoms with Crippen molar-refractivity contribution in [1.82, 2.24) is 0 Å². The van der Waals surface area contributed by atoms with Crippen molar-refractivity contribution in [3.63, 3.8) is 0 Å². The molecular formula is C147H111N3. The standard InChI is InChI=1S/3C49H37N/c1-49(2)44-29-13-11-28-43(44)47-46(33-39-21-9-10-27-42(39)48(47)49)50(45-30-14-12-26-41(45)35-19-7-4-8-20-35)40-25-16-24-38(32-40)37-23-15-22-36(31-37)34-17-5-3-6-18-34;1-49(2)44-23-13-11-22-43(44)47-46(33-39-19-9-10-21-42(39)48(47)49)50(45-24-14-12-20-41(45)38-17-7-4-8-18-38)40-31-29-37(30-32-40)36-27-25-35(26-28-36)34-15-5-3-6-16-34;1-49(2)43-30-16-13-29-42(43)47-46(33-36-23-9-10-26-39(36)48(47)49)50(44-31-17-14-25-38(44)35-21-7-4-8-22-35)45-32-18-15-28-41(45)40-27-12-11-24-37(40)34-19-5-3-6-20-34/h3*3-33H,1-2H3. The van der Waals surface area contributed by atoms with Crippen LogP contribution < -0.4 is 14.7 Å². The minimum Gasteiger partial charge on any atom is -0.309 e. The van der Waals surface area contributed by atoms with Crippen LogP contribution in [-0.4, -0.2) is 0 Å². The van der Waals surface area contributed by atoms with Crippen LogP contribution in [0.15, 0.2) is 564 Å². The molecule has 0 fully saturated rings. The molecule has 24 aromatic carbocycles. The van der Waals surface area contributed by atoms with Gasteiger partial charge in [-0.1, -0.05) is 533 Å². The minimum absolute atomic E-state index is 0.151. The van der Waals surface area contributed by atoms with E-state index in [0.29, 0.717) is 0 Å². The molecule has 0 aromatic heterocycles. The summed E-state index contributed by atoms with van der Waals surface area (Å²) in [5.41, 5.74) is 47.6. The van der Waals surface area contributed by atoms with Gasteiger partial charge in [-0.05, 0) is 233 Å². The number of nitrogens with zero attached hydrogens (tertiary/aromatic N) is 3. The number of hydrogen-bond acceptors (Lipinski definition) is 3. The Morgan fingerprint density at radius 2 is 0.367 bits per heavy atom. The van der Waals surface area contributed by atoms with Crippen LogP contribution in [0, 0.1) is 0 Å². The predicted molar refractivity (Wildman–Crippen MR) is 638 cm³/mol. The van der Waals surface area contributed by atoms with E-state index in [9.17, 15) is 0 Å². The Bertz CT molecular complexity index is 9190. The van der Waals surface area contributed by atoms with Crippen molar-refractivity contribution in [1.29, 1.82) is 0 Å². The van der Waals surface area contributed by atoms with E-state index < -0.39 is 0 Å². The second-order valence-electron chi connectivity index (χ2n) is 41.2. The normalized spacial score (nSPS) is 12.8. The average Bonchev–Trinajstić information content (AvgIpc) is 1.56. The van der Waals surface area contributed by atoms with Crippen molar-refractivity contribution >= 4 is 83.5 Å². The summed E-state index contributed by atoms with van der Waals surface area (Å²) in [7, 11) is 0. The van der Waals surface area contributed by atoms with Crippen molar-refractivity contribution in [2.75, 3.05) is 14.7 Å². The zero-order chi connectivity index (χ0) is 101. The van der Waals surface area contributed by atoms with Crippen LogP contribution in [0.25, 0.3) is 166 Å². The first-order chi connectivity index (χ1) is 73.8. The van der Waals surface area contributed by atoms with Gasteiger partial charge < -0.3 is 14.7 Å². The molecule has 0 bridgehead atoms. The number of para-hydroxylation sites is 4. The van der Waals surface area contributed by atoms with Gasteiger partial charge in [-0.25, -0.2) is 0 Å². The number of benzene rings is 24. The lowest BCUT2D eigenvalue weighted by Gasteiger charge is -2.33. The van der Waals surface area contributed by atoms with E-state index in [1.807, 2.05) is 0 Å². The SMILES string of the molecule is CC1(C)c2ccccc2-c2c(N(c3ccc(-c4ccc(-c5ccccc5)cc4)cc3)c3ccccc3-c3ccccc3)cc3ccccc3c21.CC1(C)c2ccccc2-c2c(N(c3cccc(-c4cccc(-c5ccccc5)c4)c3)c3ccccc3-c3ccccc3)cc3ccccc3c21.CC1(C)c2ccccc2-c2c(N(c3ccccc3-c3ccccc3)c3ccccc3-c3ccccc3-c3ccccc3)cc3ccccc3c21. The largest absolute Gasteiger partial charge is 0.309 e. The van der Waals surface area contributed by atoms with Crippen LogP contribution in [0.5, 0.6) is 0 Å². The molecular weight excluding hydrogens is 1810 g/mol. The highest BCUT2D eigenvalue weighted by molar-refractivity contribution is 6.12. The molecule has 0 radical (unpaired) electrons. The molecule has 0 amide bonds. The first kappa shape index (κ1) is 92.6. The minimum atomic E-state index is -0.175. The van der Waals surface area contributed by atoms with E-state index in [4.69, 9.17) is 0 Å². The zero-order valence-electron chi connectivity index (χ0n) is 85.0. The van der Waals surface area contributed by atoms with Gasteiger partial charge in [0, 0.05) is 66.6 Å². The molecule has 3 aliphatic carbocycles. The van der Waals surface area contributed by atoms with Crippen molar-refractivity contribution in [3.8, 4) is 134 Å². The summed E-state index contributed by atoms with van der Waals surface area (Å²) in [6.45, 7) is 14.3. The lowest BCUT2D eigenvalue weighted by molar-refractivity contribution is 0.666. The first-order valence-electron chi connectivity index (χ1n) is 52.3. The molecule has 3 heteroatoms. The van der Waals surface area contributed by atoms with Crippen LogP contribution in [0.2, 0.25) is 0 Å². The number of fused-ring (bicyclic) bond motifs is 15. The number of anilines is 9. The smallest absolute Gasteiger partial charge is 0.0550 e.